The van der Waals surface area contributed by atoms with Crippen molar-refractivity contribution in [2.24, 2.45) is 0 Å². The molecule has 0 atom stereocenters. The predicted octanol–water partition coefficient (Wildman–Crippen LogP) is 2.96. The van der Waals surface area contributed by atoms with Gasteiger partial charge in [-0.05, 0) is 24.6 Å². The van der Waals surface area contributed by atoms with E-state index in [-0.39, 0.29) is 11.8 Å². The number of hydrogen-bond acceptors (Lipinski definition) is 2. The Labute approximate surface area is 114 Å². The first-order valence-corrected chi connectivity index (χ1v) is 6.79. The van der Waals surface area contributed by atoms with Crippen LogP contribution in [-0.4, -0.2) is 18.4 Å². The largest absolute Gasteiger partial charge is 0.352 e. The van der Waals surface area contributed by atoms with Crippen molar-refractivity contribution >= 4 is 17.5 Å². The molecule has 4 heteroatoms. The second kappa shape index (κ2) is 8.29. The van der Waals surface area contributed by atoms with E-state index < -0.39 is 0 Å². The fourth-order valence-electron chi connectivity index (χ4n) is 1.80. The van der Waals surface area contributed by atoms with E-state index in [0.717, 1.165) is 12.8 Å². The number of hydrogen-bond donors (Lipinski definition) is 2. The Hall–Kier alpha value is -1.84. The number of anilines is 1. The maximum absolute atomic E-state index is 11.9. The number of amides is 2. The standard InChI is InChI=1S/C15H22N2O2/c1-3-4-5-6-10-16-15(19)13-8-7-9-14(11-13)17-12(2)18/h7-9,11H,3-6,10H2,1-2H3,(H,16,19)(H,17,18). The minimum Gasteiger partial charge on any atom is -0.352 e. The van der Waals surface area contributed by atoms with Crippen LogP contribution < -0.4 is 10.6 Å². The first-order valence-electron chi connectivity index (χ1n) is 6.79. The molecule has 4 nitrogen and oxygen atoms in total. The molecule has 0 saturated carbocycles. The average Bonchev–Trinajstić information content (AvgIpc) is 2.38. The number of rotatable bonds is 7. The Kier molecular flexibility index (Phi) is 6.64. The monoisotopic (exact) mass is 262 g/mol. The number of unbranched alkanes of at least 4 members (excludes halogenated alkanes) is 3. The van der Waals surface area contributed by atoms with Gasteiger partial charge in [-0.3, -0.25) is 9.59 Å². The summed E-state index contributed by atoms with van der Waals surface area (Å²) in [6.07, 6.45) is 4.54. The molecule has 0 saturated heterocycles. The van der Waals surface area contributed by atoms with Crippen molar-refractivity contribution in [3.63, 3.8) is 0 Å². The highest BCUT2D eigenvalue weighted by atomic mass is 16.2. The molecule has 1 aromatic rings. The molecule has 0 aliphatic carbocycles. The van der Waals surface area contributed by atoms with Crippen LogP contribution in [0.5, 0.6) is 0 Å². The van der Waals surface area contributed by atoms with Crippen molar-refractivity contribution in [1.29, 1.82) is 0 Å². The van der Waals surface area contributed by atoms with Crippen LogP contribution in [0, 0.1) is 0 Å². The quantitative estimate of drug-likeness (QED) is 0.742. The second-order valence-electron chi connectivity index (χ2n) is 4.58. The van der Waals surface area contributed by atoms with Gasteiger partial charge < -0.3 is 10.6 Å². The van der Waals surface area contributed by atoms with Gasteiger partial charge in [-0.25, -0.2) is 0 Å². The lowest BCUT2D eigenvalue weighted by Crippen LogP contribution is -2.24. The van der Waals surface area contributed by atoms with E-state index in [1.165, 1.54) is 19.8 Å². The summed E-state index contributed by atoms with van der Waals surface area (Å²) in [5.74, 6) is -0.235. The first-order chi connectivity index (χ1) is 9.13. The third-order valence-electron chi connectivity index (χ3n) is 2.76. The van der Waals surface area contributed by atoms with Crippen LogP contribution in [0.1, 0.15) is 49.9 Å². The third-order valence-corrected chi connectivity index (χ3v) is 2.76. The van der Waals surface area contributed by atoms with Gasteiger partial charge in [0.05, 0.1) is 0 Å². The first kappa shape index (κ1) is 15.2. The van der Waals surface area contributed by atoms with Crippen molar-refractivity contribution in [1.82, 2.24) is 5.32 Å². The van der Waals surface area contributed by atoms with Gasteiger partial charge in [0.2, 0.25) is 5.91 Å². The van der Waals surface area contributed by atoms with Crippen molar-refractivity contribution in [2.45, 2.75) is 39.5 Å². The Bertz CT molecular complexity index is 430. The van der Waals surface area contributed by atoms with Gasteiger partial charge in [0.1, 0.15) is 0 Å². The Morgan fingerprint density at radius 1 is 1.16 bits per heavy atom. The molecule has 0 aliphatic rings. The van der Waals surface area contributed by atoms with Gasteiger partial charge in [-0.1, -0.05) is 32.3 Å². The highest BCUT2D eigenvalue weighted by Gasteiger charge is 2.05. The summed E-state index contributed by atoms with van der Waals surface area (Å²) < 4.78 is 0. The minimum absolute atomic E-state index is 0.0938. The van der Waals surface area contributed by atoms with E-state index in [0.29, 0.717) is 17.8 Å². The molecule has 0 aliphatic heterocycles. The molecule has 0 unspecified atom stereocenters. The summed E-state index contributed by atoms with van der Waals surface area (Å²) in [7, 11) is 0. The lowest BCUT2D eigenvalue weighted by Gasteiger charge is -2.07. The Balaban J connectivity index is 2.45. The van der Waals surface area contributed by atoms with Crippen molar-refractivity contribution in [3.8, 4) is 0 Å². The zero-order chi connectivity index (χ0) is 14.1. The van der Waals surface area contributed by atoms with Gasteiger partial charge in [-0.2, -0.15) is 0 Å². The topological polar surface area (TPSA) is 58.2 Å². The molecule has 1 aromatic carbocycles. The maximum Gasteiger partial charge on any atom is 0.251 e. The van der Waals surface area contributed by atoms with Crippen LogP contribution >= 0.6 is 0 Å². The van der Waals surface area contributed by atoms with Crippen LogP contribution in [0.15, 0.2) is 24.3 Å². The predicted molar refractivity (Wildman–Crippen MR) is 77.2 cm³/mol. The Morgan fingerprint density at radius 2 is 1.95 bits per heavy atom. The van der Waals surface area contributed by atoms with Crippen molar-refractivity contribution in [3.05, 3.63) is 29.8 Å². The molecule has 19 heavy (non-hydrogen) atoms. The van der Waals surface area contributed by atoms with Gasteiger partial charge in [0, 0.05) is 24.7 Å². The van der Waals surface area contributed by atoms with E-state index in [4.69, 9.17) is 0 Å². The summed E-state index contributed by atoms with van der Waals surface area (Å²) in [4.78, 5) is 22.8. The molecular weight excluding hydrogens is 240 g/mol. The fourth-order valence-corrected chi connectivity index (χ4v) is 1.80. The summed E-state index contributed by atoms with van der Waals surface area (Å²) in [6.45, 7) is 4.30. The highest BCUT2D eigenvalue weighted by molar-refractivity contribution is 5.96. The molecule has 0 bridgehead atoms. The van der Waals surface area contributed by atoms with E-state index in [1.54, 1.807) is 24.3 Å². The zero-order valence-corrected chi connectivity index (χ0v) is 11.7. The molecule has 0 heterocycles. The summed E-state index contributed by atoms with van der Waals surface area (Å²) in [5.41, 5.74) is 1.22. The number of nitrogens with one attached hydrogen (secondary N) is 2. The van der Waals surface area contributed by atoms with Crippen LogP contribution in [0.25, 0.3) is 0 Å². The number of carbonyl (C=O) groups excluding carboxylic acids is 2. The van der Waals surface area contributed by atoms with Crippen LogP contribution in [0.2, 0.25) is 0 Å². The lowest BCUT2D eigenvalue weighted by molar-refractivity contribution is -0.114. The molecule has 0 aromatic heterocycles. The van der Waals surface area contributed by atoms with Gasteiger partial charge in [-0.15, -0.1) is 0 Å². The highest BCUT2D eigenvalue weighted by Crippen LogP contribution is 2.10. The van der Waals surface area contributed by atoms with E-state index >= 15 is 0 Å². The SMILES string of the molecule is CCCCCCNC(=O)c1cccc(NC(C)=O)c1. The molecule has 1 rings (SSSR count). The fraction of sp³-hybridized carbons (Fsp3) is 0.467. The van der Waals surface area contributed by atoms with Gasteiger partial charge >= 0.3 is 0 Å². The molecule has 104 valence electrons. The molecular formula is C15H22N2O2. The van der Waals surface area contributed by atoms with E-state index in [2.05, 4.69) is 17.6 Å². The molecule has 2 N–H and O–H groups in total. The second-order valence-corrected chi connectivity index (χ2v) is 4.58. The smallest absolute Gasteiger partial charge is 0.251 e. The maximum atomic E-state index is 11.9. The average molecular weight is 262 g/mol. The summed E-state index contributed by atoms with van der Waals surface area (Å²) >= 11 is 0. The molecule has 0 fully saturated rings. The van der Waals surface area contributed by atoms with Crippen molar-refractivity contribution in [2.75, 3.05) is 11.9 Å². The summed E-state index contributed by atoms with van der Waals surface area (Å²) in [5, 5.41) is 5.55. The third kappa shape index (κ3) is 6.04. The van der Waals surface area contributed by atoms with Gasteiger partial charge in [0.15, 0.2) is 0 Å². The van der Waals surface area contributed by atoms with Crippen LogP contribution in [-0.2, 0) is 4.79 Å². The van der Waals surface area contributed by atoms with Crippen LogP contribution in [0.4, 0.5) is 5.69 Å². The minimum atomic E-state index is -0.142. The normalized spacial score (nSPS) is 10.0. The van der Waals surface area contributed by atoms with Crippen molar-refractivity contribution < 1.29 is 9.59 Å². The number of carbonyl (C=O) groups is 2. The van der Waals surface area contributed by atoms with E-state index in [9.17, 15) is 9.59 Å². The molecule has 0 spiro atoms. The lowest BCUT2D eigenvalue weighted by atomic mass is 10.1. The van der Waals surface area contributed by atoms with Gasteiger partial charge in [0.25, 0.3) is 5.91 Å². The van der Waals surface area contributed by atoms with Crippen LogP contribution in [0.3, 0.4) is 0 Å². The number of benzene rings is 1. The summed E-state index contributed by atoms with van der Waals surface area (Å²) in [6, 6.07) is 6.95. The molecule has 2 amide bonds. The Morgan fingerprint density at radius 3 is 2.63 bits per heavy atom. The van der Waals surface area contributed by atoms with E-state index in [1.807, 2.05) is 0 Å². The molecule has 0 radical (unpaired) electrons. The zero-order valence-electron chi connectivity index (χ0n) is 11.7.